The Kier molecular flexibility index (Phi) is 4.79. The number of likely N-dealkylation sites (N-methyl/N-ethyl adjacent to an activating group) is 1. The first-order valence-electron chi connectivity index (χ1n) is 9.23. The molecule has 4 rings (SSSR count). The van der Waals surface area contributed by atoms with E-state index in [1.165, 1.54) is 9.80 Å². The molecule has 150 valence electrons. The summed E-state index contributed by atoms with van der Waals surface area (Å²) in [5.74, 6) is -0.884. The number of carbonyl (C=O) groups is 3. The lowest BCUT2D eigenvalue weighted by Gasteiger charge is -2.47. The van der Waals surface area contributed by atoms with Gasteiger partial charge >= 0.3 is 0 Å². The topological polar surface area (TPSA) is 69.7 Å². The Labute approximate surface area is 178 Å². The third-order valence-corrected chi connectivity index (χ3v) is 6.44. The molecule has 0 spiro atoms. The smallest absolute Gasteiger partial charge is 0.267 e. The fourth-order valence-corrected chi connectivity index (χ4v) is 4.41. The van der Waals surface area contributed by atoms with Crippen LogP contribution in [0.4, 0.5) is 5.69 Å². The standard InChI is InChI=1S/C21H19Cl2N3O3/c1-12(13-7-8-15(22)16(23)11-13)24-20(29)21-10-9-18(27)26(21)17-6-4-3-5-14(17)19(28)25(21)2/h3-8,11-12H,9-10H2,1-2H3,(H,24,29). The highest BCUT2D eigenvalue weighted by Crippen LogP contribution is 2.44. The van der Waals surface area contributed by atoms with Gasteiger partial charge in [-0.3, -0.25) is 19.3 Å². The molecule has 2 aromatic rings. The number of halogens is 2. The van der Waals surface area contributed by atoms with Crippen LogP contribution in [0.3, 0.4) is 0 Å². The van der Waals surface area contributed by atoms with Crippen LogP contribution in [0.25, 0.3) is 0 Å². The number of hydrogen-bond donors (Lipinski definition) is 1. The van der Waals surface area contributed by atoms with E-state index in [4.69, 9.17) is 23.2 Å². The van der Waals surface area contributed by atoms with Crippen molar-refractivity contribution in [1.29, 1.82) is 0 Å². The molecule has 1 saturated heterocycles. The van der Waals surface area contributed by atoms with Gasteiger partial charge < -0.3 is 10.2 Å². The Morgan fingerprint density at radius 3 is 2.59 bits per heavy atom. The number of carbonyl (C=O) groups excluding carboxylic acids is 3. The number of nitrogens with zero attached hydrogens (tertiary/aromatic N) is 2. The van der Waals surface area contributed by atoms with E-state index in [0.29, 0.717) is 21.3 Å². The summed E-state index contributed by atoms with van der Waals surface area (Å²) < 4.78 is 0. The van der Waals surface area contributed by atoms with Gasteiger partial charge in [0.1, 0.15) is 0 Å². The second kappa shape index (κ2) is 7.04. The van der Waals surface area contributed by atoms with Crippen molar-refractivity contribution in [2.45, 2.75) is 31.5 Å². The van der Waals surface area contributed by atoms with Gasteiger partial charge in [-0.05, 0) is 36.8 Å². The lowest BCUT2D eigenvalue weighted by Crippen LogP contribution is -2.69. The summed E-state index contributed by atoms with van der Waals surface area (Å²) in [6.45, 7) is 1.81. The second-order valence-electron chi connectivity index (χ2n) is 7.30. The molecule has 0 aromatic heterocycles. The minimum atomic E-state index is -1.40. The predicted molar refractivity (Wildman–Crippen MR) is 111 cm³/mol. The van der Waals surface area contributed by atoms with Crippen molar-refractivity contribution < 1.29 is 14.4 Å². The van der Waals surface area contributed by atoms with Crippen LogP contribution < -0.4 is 10.2 Å². The Balaban J connectivity index is 1.72. The number of anilines is 1. The number of para-hydroxylation sites is 1. The molecule has 8 heteroatoms. The van der Waals surface area contributed by atoms with Crippen LogP contribution in [0.15, 0.2) is 42.5 Å². The molecule has 2 unspecified atom stereocenters. The van der Waals surface area contributed by atoms with Gasteiger partial charge in [0.15, 0.2) is 0 Å². The molecule has 29 heavy (non-hydrogen) atoms. The zero-order chi connectivity index (χ0) is 20.9. The Morgan fingerprint density at radius 2 is 1.86 bits per heavy atom. The molecule has 0 aliphatic carbocycles. The summed E-state index contributed by atoms with van der Waals surface area (Å²) in [7, 11) is 1.56. The quantitative estimate of drug-likeness (QED) is 0.803. The van der Waals surface area contributed by atoms with E-state index < -0.39 is 17.6 Å². The van der Waals surface area contributed by atoms with Crippen molar-refractivity contribution in [1.82, 2.24) is 10.2 Å². The third-order valence-electron chi connectivity index (χ3n) is 5.70. The average Bonchev–Trinajstić information content (AvgIpc) is 3.06. The highest BCUT2D eigenvalue weighted by atomic mass is 35.5. The van der Waals surface area contributed by atoms with Crippen molar-refractivity contribution in [2.24, 2.45) is 0 Å². The van der Waals surface area contributed by atoms with Crippen LogP contribution in [-0.4, -0.2) is 35.3 Å². The Hall–Kier alpha value is -2.57. The first-order valence-corrected chi connectivity index (χ1v) is 9.99. The fourth-order valence-electron chi connectivity index (χ4n) is 4.11. The first-order chi connectivity index (χ1) is 13.8. The van der Waals surface area contributed by atoms with Crippen LogP contribution in [0.1, 0.15) is 41.7 Å². The largest absolute Gasteiger partial charge is 0.346 e. The molecule has 2 aromatic carbocycles. The molecule has 2 aliphatic rings. The van der Waals surface area contributed by atoms with Crippen LogP contribution >= 0.6 is 23.2 Å². The molecule has 0 saturated carbocycles. The molecule has 2 atom stereocenters. The van der Waals surface area contributed by atoms with Gasteiger partial charge in [-0.2, -0.15) is 0 Å². The molecule has 3 amide bonds. The van der Waals surface area contributed by atoms with Crippen LogP contribution in [0.2, 0.25) is 10.0 Å². The molecule has 6 nitrogen and oxygen atoms in total. The monoisotopic (exact) mass is 431 g/mol. The number of nitrogens with one attached hydrogen (secondary N) is 1. The number of rotatable bonds is 3. The average molecular weight is 432 g/mol. The van der Waals surface area contributed by atoms with Gasteiger partial charge in [-0.15, -0.1) is 0 Å². The van der Waals surface area contributed by atoms with E-state index in [-0.39, 0.29) is 24.7 Å². The van der Waals surface area contributed by atoms with E-state index >= 15 is 0 Å². The molecule has 1 fully saturated rings. The summed E-state index contributed by atoms with van der Waals surface area (Å²) in [6.07, 6.45) is 0.406. The van der Waals surface area contributed by atoms with Crippen molar-refractivity contribution in [3.8, 4) is 0 Å². The first kappa shape index (κ1) is 19.7. The third kappa shape index (κ3) is 2.90. The summed E-state index contributed by atoms with van der Waals surface area (Å²) in [5.41, 5.74) is 0.249. The molecule has 0 bridgehead atoms. The van der Waals surface area contributed by atoms with Crippen LogP contribution in [-0.2, 0) is 9.59 Å². The maximum absolute atomic E-state index is 13.5. The van der Waals surface area contributed by atoms with Gasteiger partial charge in [0, 0.05) is 19.9 Å². The lowest BCUT2D eigenvalue weighted by atomic mass is 9.95. The number of amides is 3. The zero-order valence-corrected chi connectivity index (χ0v) is 17.4. The summed E-state index contributed by atoms with van der Waals surface area (Å²) in [4.78, 5) is 42.1. The number of hydrogen-bond acceptors (Lipinski definition) is 3. The summed E-state index contributed by atoms with van der Waals surface area (Å²) in [6, 6.07) is 11.6. The zero-order valence-electron chi connectivity index (χ0n) is 15.9. The molecular weight excluding hydrogens is 413 g/mol. The predicted octanol–water partition coefficient (Wildman–Crippen LogP) is 3.78. The number of benzene rings is 2. The van der Waals surface area contributed by atoms with Gasteiger partial charge in [-0.1, -0.05) is 41.4 Å². The Bertz CT molecular complexity index is 1040. The van der Waals surface area contributed by atoms with Gasteiger partial charge in [0.05, 0.1) is 27.3 Å². The molecule has 0 radical (unpaired) electrons. The number of fused-ring (bicyclic) bond motifs is 3. The summed E-state index contributed by atoms with van der Waals surface area (Å²) >= 11 is 12.1. The van der Waals surface area contributed by atoms with E-state index in [9.17, 15) is 14.4 Å². The van der Waals surface area contributed by atoms with Gasteiger partial charge in [0.2, 0.25) is 11.6 Å². The fraction of sp³-hybridized carbons (Fsp3) is 0.286. The van der Waals surface area contributed by atoms with Crippen molar-refractivity contribution in [2.75, 3.05) is 11.9 Å². The van der Waals surface area contributed by atoms with Crippen molar-refractivity contribution in [3.63, 3.8) is 0 Å². The van der Waals surface area contributed by atoms with Crippen LogP contribution in [0, 0.1) is 0 Å². The molecule has 2 heterocycles. The molecular formula is C21H19Cl2N3O3. The second-order valence-corrected chi connectivity index (χ2v) is 8.11. The SMILES string of the molecule is CC(NC(=O)C12CCC(=O)N1c1ccccc1C(=O)N2C)c1ccc(Cl)c(Cl)c1. The maximum Gasteiger partial charge on any atom is 0.267 e. The maximum atomic E-state index is 13.5. The van der Waals surface area contributed by atoms with E-state index in [0.717, 1.165) is 5.56 Å². The van der Waals surface area contributed by atoms with E-state index in [1.54, 1.807) is 49.5 Å². The van der Waals surface area contributed by atoms with Crippen LogP contribution in [0.5, 0.6) is 0 Å². The normalized spacial score (nSPS) is 21.7. The van der Waals surface area contributed by atoms with Gasteiger partial charge in [-0.25, -0.2) is 0 Å². The highest BCUT2D eigenvalue weighted by Gasteiger charge is 2.59. The minimum Gasteiger partial charge on any atom is -0.346 e. The Morgan fingerprint density at radius 1 is 1.14 bits per heavy atom. The van der Waals surface area contributed by atoms with Crippen molar-refractivity contribution >= 4 is 46.6 Å². The van der Waals surface area contributed by atoms with E-state index in [2.05, 4.69) is 5.32 Å². The highest BCUT2D eigenvalue weighted by molar-refractivity contribution is 6.42. The molecule has 2 aliphatic heterocycles. The molecule has 1 N–H and O–H groups in total. The summed E-state index contributed by atoms with van der Waals surface area (Å²) in [5, 5.41) is 3.76. The van der Waals surface area contributed by atoms with E-state index in [1.807, 2.05) is 6.92 Å². The minimum absolute atomic E-state index is 0.181. The van der Waals surface area contributed by atoms with Gasteiger partial charge in [0.25, 0.3) is 11.8 Å². The van der Waals surface area contributed by atoms with Crippen molar-refractivity contribution in [3.05, 3.63) is 63.6 Å². The lowest BCUT2D eigenvalue weighted by molar-refractivity contribution is -0.133.